The summed E-state index contributed by atoms with van der Waals surface area (Å²) in [6.07, 6.45) is 0. The maximum absolute atomic E-state index is 5.51. The number of hydrogen-bond donors (Lipinski definition) is 2. The minimum absolute atomic E-state index is 0.440. The quantitative estimate of drug-likeness (QED) is 0.662. The number of nitrogens with one attached hydrogen (secondary N) is 1. The first-order valence-electron chi connectivity index (χ1n) is 3.98. The molecule has 0 spiro atoms. The molecule has 5 heteroatoms. The van der Waals surface area contributed by atoms with Gasteiger partial charge in [0.2, 0.25) is 5.95 Å². The van der Waals surface area contributed by atoms with Crippen molar-refractivity contribution in [3.8, 4) is 0 Å². The number of rotatable bonds is 3. The van der Waals surface area contributed by atoms with Crippen molar-refractivity contribution in [3.63, 3.8) is 0 Å². The van der Waals surface area contributed by atoms with Crippen LogP contribution in [0.5, 0.6) is 0 Å². The zero-order valence-electron chi connectivity index (χ0n) is 7.70. The summed E-state index contributed by atoms with van der Waals surface area (Å²) in [4.78, 5) is 4.05. The monoisotopic (exact) mass is 169 g/mol. The first kappa shape index (κ1) is 8.99. The van der Waals surface area contributed by atoms with E-state index in [0.717, 1.165) is 5.82 Å². The molecule has 0 bridgehead atoms. The van der Waals surface area contributed by atoms with Crippen LogP contribution in [0.2, 0.25) is 0 Å². The highest BCUT2D eigenvalue weighted by atomic mass is 15.4. The summed E-state index contributed by atoms with van der Waals surface area (Å²) in [5.41, 5.74) is 5.51. The van der Waals surface area contributed by atoms with Crippen LogP contribution in [-0.4, -0.2) is 20.8 Å². The molecule has 3 N–H and O–H groups in total. The van der Waals surface area contributed by atoms with Gasteiger partial charge in [-0.15, -0.1) is 0 Å². The Bertz CT molecular complexity index is 233. The number of nitrogens with two attached hydrogens (primary N) is 1. The number of nitrogen functional groups attached to an aromatic ring is 1. The molecule has 0 aliphatic carbocycles. The van der Waals surface area contributed by atoms with Gasteiger partial charge in [0.1, 0.15) is 0 Å². The first-order chi connectivity index (χ1) is 5.59. The molecule has 0 aromatic carbocycles. The topological polar surface area (TPSA) is 68.8 Å². The Morgan fingerprint density at radius 2 is 2.25 bits per heavy atom. The lowest BCUT2D eigenvalue weighted by Crippen LogP contribution is -2.22. The Balaban J connectivity index is 2.53. The molecule has 0 fully saturated rings. The van der Waals surface area contributed by atoms with Crippen LogP contribution in [0, 0.1) is 0 Å². The molecular weight excluding hydrogens is 154 g/mol. The van der Waals surface area contributed by atoms with Gasteiger partial charge in [-0.2, -0.15) is 10.1 Å². The summed E-state index contributed by atoms with van der Waals surface area (Å²) in [6, 6.07) is 0.440. The van der Waals surface area contributed by atoms with Gasteiger partial charge in [0.15, 0.2) is 5.82 Å². The fraction of sp³-hybridized carbons (Fsp3) is 0.714. The minimum Gasteiger partial charge on any atom is -0.368 e. The third-order valence-electron chi connectivity index (χ3n) is 1.51. The molecule has 0 unspecified atom stereocenters. The first-order valence-corrected chi connectivity index (χ1v) is 3.98. The molecule has 1 rings (SSSR count). The second-order valence-electron chi connectivity index (χ2n) is 3.05. The fourth-order valence-electron chi connectivity index (χ4n) is 0.822. The van der Waals surface area contributed by atoms with E-state index in [0.29, 0.717) is 18.5 Å². The third-order valence-corrected chi connectivity index (χ3v) is 1.51. The lowest BCUT2D eigenvalue weighted by molar-refractivity contribution is 0.569. The van der Waals surface area contributed by atoms with Crippen molar-refractivity contribution in [1.29, 1.82) is 0 Å². The molecule has 5 nitrogen and oxygen atoms in total. The minimum atomic E-state index is 0.440. The van der Waals surface area contributed by atoms with E-state index in [1.54, 1.807) is 11.7 Å². The maximum Gasteiger partial charge on any atom is 0.218 e. The molecule has 1 aromatic rings. The number of anilines is 1. The van der Waals surface area contributed by atoms with Crippen LogP contribution in [-0.2, 0) is 13.6 Å². The van der Waals surface area contributed by atoms with Crippen LogP contribution in [0.3, 0.4) is 0 Å². The Morgan fingerprint density at radius 3 is 2.67 bits per heavy atom. The van der Waals surface area contributed by atoms with E-state index in [4.69, 9.17) is 5.73 Å². The Morgan fingerprint density at radius 1 is 1.58 bits per heavy atom. The third kappa shape index (κ3) is 2.20. The van der Waals surface area contributed by atoms with Crippen LogP contribution in [0.25, 0.3) is 0 Å². The summed E-state index contributed by atoms with van der Waals surface area (Å²) < 4.78 is 1.57. The highest BCUT2D eigenvalue weighted by Gasteiger charge is 2.03. The van der Waals surface area contributed by atoms with E-state index in [1.165, 1.54) is 0 Å². The largest absolute Gasteiger partial charge is 0.368 e. The van der Waals surface area contributed by atoms with Gasteiger partial charge >= 0.3 is 0 Å². The number of hydrogen-bond acceptors (Lipinski definition) is 4. The van der Waals surface area contributed by atoms with Crippen molar-refractivity contribution < 1.29 is 0 Å². The summed E-state index contributed by atoms with van der Waals surface area (Å²) in [6.45, 7) is 4.82. The summed E-state index contributed by atoms with van der Waals surface area (Å²) in [5, 5.41) is 7.31. The molecule has 1 heterocycles. The van der Waals surface area contributed by atoms with Crippen molar-refractivity contribution in [3.05, 3.63) is 5.82 Å². The normalized spacial score (nSPS) is 11.0. The molecule has 0 atom stereocenters. The zero-order chi connectivity index (χ0) is 9.14. The predicted octanol–water partition coefficient (Wildman–Crippen LogP) is -0.105. The average molecular weight is 169 g/mol. The number of aromatic nitrogens is 3. The van der Waals surface area contributed by atoms with E-state index >= 15 is 0 Å². The van der Waals surface area contributed by atoms with E-state index in [-0.39, 0.29) is 0 Å². The number of nitrogens with zero attached hydrogens (tertiary/aromatic N) is 3. The highest BCUT2D eigenvalue weighted by Crippen LogP contribution is 1.96. The lowest BCUT2D eigenvalue weighted by Gasteiger charge is -2.03. The van der Waals surface area contributed by atoms with Gasteiger partial charge in [-0.05, 0) is 0 Å². The molecule has 0 radical (unpaired) electrons. The van der Waals surface area contributed by atoms with Gasteiger partial charge in [-0.1, -0.05) is 13.8 Å². The van der Waals surface area contributed by atoms with Gasteiger partial charge in [-0.3, -0.25) is 0 Å². The molecule has 0 amide bonds. The van der Waals surface area contributed by atoms with Crippen LogP contribution >= 0.6 is 0 Å². The van der Waals surface area contributed by atoms with E-state index in [9.17, 15) is 0 Å². The van der Waals surface area contributed by atoms with E-state index in [2.05, 4.69) is 29.2 Å². The van der Waals surface area contributed by atoms with Crippen LogP contribution in [0.1, 0.15) is 19.7 Å². The molecule has 0 aliphatic rings. The number of aryl methyl sites for hydroxylation is 1. The summed E-state index contributed by atoms with van der Waals surface area (Å²) in [7, 11) is 1.78. The Hall–Kier alpha value is -1.10. The predicted molar refractivity (Wildman–Crippen MR) is 47.4 cm³/mol. The fourth-order valence-corrected chi connectivity index (χ4v) is 0.822. The van der Waals surface area contributed by atoms with Crippen molar-refractivity contribution in [1.82, 2.24) is 20.1 Å². The van der Waals surface area contributed by atoms with Gasteiger partial charge in [0.25, 0.3) is 0 Å². The molecular formula is C7H15N5. The summed E-state index contributed by atoms with van der Waals surface area (Å²) in [5.74, 6) is 1.19. The van der Waals surface area contributed by atoms with Crippen molar-refractivity contribution in [2.75, 3.05) is 5.73 Å². The Kier molecular flexibility index (Phi) is 2.65. The van der Waals surface area contributed by atoms with Gasteiger partial charge in [0, 0.05) is 13.1 Å². The SMILES string of the molecule is CC(C)NCc1nc(N)n(C)n1. The molecule has 0 saturated carbocycles. The molecule has 0 saturated heterocycles. The van der Waals surface area contributed by atoms with Gasteiger partial charge in [0.05, 0.1) is 6.54 Å². The highest BCUT2D eigenvalue weighted by molar-refractivity contribution is 5.15. The second kappa shape index (κ2) is 3.53. The van der Waals surface area contributed by atoms with Crippen molar-refractivity contribution in [2.24, 2.45) is 7.05 Å². The van der Waals surface area contributed by atoms with E-state index < -0.39 is 0 Å². The standard InChI is InChI=1S/C7H15N5/c1-5(2)9-4-6-10-7(8)12(3)11-6/h5,9H,4H2,1-3H3,(H2,8,10,11). The van der Waals surface area contributed by atoms with Gasteiger partial charge < -0.3 is 11.1 Å². The zero-order valence-corrected chi connectivity index (χ0v) is 7.70. The summed E-state index contributed by atoms with van der Waals surface area (Å²) >= 11 is 0. The second-order valence-corrected chi connectivity index (χ2v) is 3.05. The molecule has 12 heavy (non-hydrogen) atoms. The molecule has 0 aliphatic heterocycles. The Labute approximate surface area is 72.0 Å². The average Bonchev–Trinajstić information content (AvgIpc) is 2.28. The van der Waals surface area contributed by atoms with Gasteiger partial charge in [-0.25, -0.2) is 4.68 Å². The molecule has 1 aromatic heterocycles. The maximum atomic E-state index is 5.51. The van der Waals surface area contributed by atoms with Crippen LogP contribution < -0.4 is 11.1 Å². The van der Waals surface area contributed by atoms with E-state index in [1.807, 2.05) is 0 Å². The van der Waals surface area contributed by atoms with Crippen molar-refractivity contribution in [2.45, 2.75) is 26.4 Å². The lowest BCUT2D eigenvalue weighted by atomic mass is 10.4. The van der Waals surface area contributed by atoms with Crippen molar-refractivity contribution >= 4 is 5.95 Å². The molecule has 68 valence electrons. The van der Waals surface area contributed by atoms with Crippen LogP contribution in [0.15, 0.2) is 0 Å². The smallest absolute Gasteiger partial charge is 0.218 e. The van der Waals surface area contributed by atoms with Crippen LogP contribution in [0.4, 0.5) is 5.95 Å².